The van der Waals surface area contributed by atoms with E-state index in [9.17, 15) is 0 Å². The second kappa shape index (κ2) is 10.7. The van der Waals surface area contributed by atoms with E-state index in [-0.39, 0.29) is 0 Å². The maximum Gasteiger partial charge on any atom is 0.226 e. The maximum atomic E-state index is 5.75. The molecule has 2 aromatic carbocycles. The molecular weight excluding hydrogens is 476 g/mol. The summed E-state index contributed by atoms with van der Waals surface area (Å²) < 4.78 is 13.2. The van der Waals surface area contributed by atoms with Gasteiger partial charge in [-0.25, -0.2) is 0 Å². The molecule has 0 amide bonds. The van der Waals surface area contributed by atoms with E-state index in [1.54, 1.807) is 0 Å². The van der Waals surface area contributed by atoms with Gasteiger partial charge < -0.3 is 8.83 Å². The Morgan fingerprint density at radius 2 is 0.970 bits per heavy atom. The third-order valence-corrected chi connectivity index (χ3v) is 7.60. The highest BCUT2D eigenvalue weighted by molar-refractivity contribution is 8.02. The minimum absolute atomic E-state index is 0.549. The first-order chi connectivity index (χ1) is 16.3. The zero-order valence-corrected chi connectivity index (χ0v) is 19.8. The summed E-state index contributed by atoms with van der Waals surface area (Å²) in [5, 5.41) is 25.0. The summed E-state index contributed by atoms with van der Waals surface area (Å²) in [6.07, 6.45) is 1.25. The van der Waals surface area contributed by atoms with Crippen LogP contribution in [0.25, 0.3) is 0 Å². The molecular formula is C22H18N6O2S3. The lowest BCUT2D eigenvalue weighted by Crippen LogP contribution is -1.87. The third kappa shape index (κ3) is 6.28. The third-order valence-electron chi connectivity index (χ3n) is 4.44. The van der Waals surface area contributed by atoms with Crippen LogP contribution in [0, 0.1) is 0 Å². The second-order valence-corrected chi connectivity index (χ2v) is 10.3. The van der Waals surface area contributed by atoms with E-state index >= 15 is 0 Å². The number of hydrogen-bond acceptors (Lipinski definition) is 11. The molecule has 0 aliphatic heterocycles. The number of rotatable bonds is 10. The van der Waals surface area contributed by atoms with Gasteiger partial charge in [0.2, 0.25) is 23.6 Å². The zero-order valence-electron chi connectivity index (χ0n) is 17.3. The topological polar surface area (TPSA) is 104 Å². The van der Waals surface area contributed by atoms with E-state index in [4.69, 9.17) is 8.83 Å². The molecule has 0 aliphatic carbocycles. The van der Waals surface area contributed by atoms with Gasteiger partial charge in [-0.05, 0) is 11.1 Å². The Hall–Kier alpha value is -3.02. The molecule has 3 aromatic heterocycles. The fourth-order valence-corrected chi connectivity index (χ4v) is 5.63. The van der Waals surface area contributed by atoms with Crippen molar-refractivity contribution in [1.29, 1.82) is 0 Å². The standard InChI is InChI=1S/C22H18N6O2S3/c1-3-7-15(8-4-1)11-17-23-25-19(29-17)13-31-21-27-28-22(33-21)32-14-20-26-24-18(30-20)12-16-9-5-2-6-10-16/h1-10H,11-14H2. The summed E-state index contributed by atoms with van der Waals surface area (Å²) in [5.41, 5.74) is 2.28. The van der Waals surface area contributed by atoms with Crippen molar-refractivity contribution in [1.82, 2.24) is 30.6 Å². The molecule has 8 nitrogen and oxygen atoms in total. The summed E-state index contributed by atoms with van der Waals surface area (Å²) in [7, 11) is 0. The Balaban J connectivity index is 1.09. The molecule has 0 spiro atoms. The summed E-state index contributed by atoms with van der Waals surface area (Å²) in [6, 6.07) is 20.1. The number of benzene rings is 2. The fourth-order valence-electron chi connectivity index (χ4n) is 2.94. The van der Waals surface area contributed by atoms with E-state index < -0.39 is 0 Å². The molecule has 0 bridgehead atoms. The van der Waals surface area contributed by atoms with Gasteiger partial charge in [0, 0.05) is 0 Å². The van der Waals surface area contributed by atoms with Crippen molar-refractivity contribution < 1.29 is 8.83 Å². The van der Waals surface area contributed by atoms with E-state index in [2.05, 4.69) is 30.6 Å². The first-order valence-electron chi connectivity index (χ1n) is 10.1. The largest absolute Gasteiger partial charge is 0.424 e. The maximum absolute atomic E-state index is 5.75. The van der Waals surface area contributed by atoms with Crippen LogP contribution in [0.2, 0.25) is 0 Å². The van der Waals surface area contributed by atoms with Crippen molar-refractivity contribution in [2.75, 3.05) is 0 Å². The van der Waals surface area contributed by atoms with Crippen molar-refractivity contribution in [2.45, 2.75) is 33.0 Å². The van der Waals surface area contributed by atoms with Crippen molar-refractivity contribution >= 4 is 34.9 Å². The highest BCUT2D eigenvalue weighted by Gasteiger charge is 2.13. The lowest BCUT2D eigenvalue weighted by Gasteiger charge is -1.95. The van der Waals surface area contributed by atoms with E-state index in [0.717, 1.165) is 19.8 Å². The average molecular weight is 495 g/mol. The SMILES string of the molecule is c1ccc(Cc2nnc(CSc3nnc(SCc4nnc(Cc5ccccc5)o4)s3)o2)cc1. The van der Waals surface area contributed by atoms with Gasteiger partial charge in [0.05, 0.1) is 24.3 Å². The van der Waals surface area contributed by atoms with Crippen LogP contribution in [0.5, 0.6) is 0 Å². The molecule has 0 aliphatic rings. The van der Waals surface area contributed by atoms with Gasteiger partial charge in [0.25, 0.3) is 0 Å². The van der Waals surface area contributed by atoms with Crippen LogP contribution in [-0.4, -0.2) is 30.6 Å². The molecule has 5 aromatic rings. The van der Waals surface area contributed by atoms with E-state index in [1.807, 2.05) is 60.7 Å². The van der Waals surface area contributed by atoms with Gasteiger partial charge in [-0.3, -0.25) is 0 Å². The summed E-state index contributed by atoms with van der Waals surface area (Å²) in [4.78, 5) is 0. The van der Waals surface area contributed by atoms with Gasteiger partial charge in [-0.1, -0.05) is 95.5 Å². The Labute approximate surface area is 202 Å². The summed E-state index contributed by atoms with van der Waals surface area (Å²) in [5.74, 6) is 3.47. The lowest BCUT2D eigenvalue weighted by molar-refractivity contribution is 0.473. The van der Waals surface area contributed by atoms with Crippen LogP contribution in [0.3, 0.4) is 0 Å². The summed E-state index contributed by atoms with van der Waals surface area (Å²) >= 11 is 4.56. The van der Waals surface area contributed by atoms with Crippen LogP contribution in [0.4, 0.5) is 0 Å². The average Bonchev–Trinajstić information content (AvgIpc) is 3.59. The lowest BCUT2D eigenvalue weighted by atomic mass is 10.2. The molecule has 0 unspecified atom stereocenters. The van der Waals surface area contributed by atoms with Gasteiger partial charge >= 0.3 is 0 Å². The van der Waals surface area contributed by atoms with Gasteiger partial charge in [0.1, 0.15) is 0 Å². The zero-order chi connectivity index (χ0) is 22.3. The number of hydrogen-bond donors (Lipinski definition) is 0. The van der Waals surface area contributed by atoms with E-state index in [0.29, 0.717) is 47.9 Å². The molecule has 0 N–H and O–H groups in total. The highest BCUT2D eigenvalue weighted by Crippen LogP contribution is 2.32. The monoisotopic (exact) mass is 494 g/mol. The Morgan fingerprint density at radius 1 is 0.545 bits per heavy atom. The van der Waals surface area contributed by atoms with Crippen molar-refractivity contribution in [3.63, 3.8) is 0 Å². The molecule has 0 saturated heterocycles. The van der Waals surface area contributed by atoms with Gasteiger partial charge in [-0.2, -0.15) is 0 Å². The Bertz CT molecular complexity index is 1190. The molecule has 0 atom stereocenters. The smallest absolute Gasteiger partial charge is 0.226 e. The van der Waals surface area contributed by atoms with Crippen LogP contribution in [0.15, 0.2) is 78.2 Å². The second-order valence-electron chi connectivity index (χ2n) is 6.92. The molecule has 3 heterocycles. The number of nitrogens with zero attached hydrogens (tertiary/aromatic N) is 6. The fraction of sp³-hybridized carbons (Fsp3) is 0.182. The number of aromatic nitrogens is 6. The predicted molar refractivity (Wildman–Crippen MR) is 126 cm³/mol. The first kappa shape index (κ1) is 21.8. The van der Waals surface area contributed by atoms with Crippen molar-refractivity contribution in [3.8, 4) is 0 Å². The first-order valence-corrected chi connectivity index (χ1v) is 12.9. The Kier molecular flexibility index (Phi) is 7.09. The summed E-state index contributed by atoms with van der Waals surface area (Å²) in [6.45, 7) is 0. The quantitative estimate of drug-likeness (QED) is 0.244. The van der Waals surface area contributed by atoms with Gasteiger partial charge in [-0.15, -0.1) is 30.6 Å². The highest BCUT2D eigenvalue weighted by atomic mass is 32.2. The van der Waals surface area contributed by atoms with E-state index in [1.165, 1.54) is 34.9 Å². The van der Waals surface area contributed by atoms with Crippen LogP contribution < -0.4 is 0 Å². The molecule has 0 fully saturated rings. The van der Waals surface area contributed by atoms with Gasteiger partial charge in [0.15, 0.2) is 8.68 Å². The minimum Gasteiger partial charge on any atom is -0.424 e. The molecule has 5 rings (SSSR count). The predicted octanol–water partition coefficient (Wildman–Crippen LogP) is 5.07. The minimum atomic E-state index is 0.549. The molecule has 11 heteroatoms. The molecule has 0 radical (unpaired) electrons. The normalized spacial score (nSPS) is 11.2. The van der Waals surface area contributed by atoms with Crippen molar-refractivity contribution in [2.24, 2.45) is 0 Å². The molecule has 33 heavy (non-hydrogen) atoms. The van der Waals surface area contributed by atoms with Crippen LogP contribution in [0.1, 0.15) is 34.7 Å². The van der Waals surface area contributed by atoms with Crippen molar-refractivity contribution in [3.05, 3.63) is 95.4 Å². The molecule has 0 saturated carbocycles. The van der Waals surface area contributed by atoms with Crippen LogP contribution in [-0.2, 0) is 24.3 Å². The molecule has 166 valence electrons. The Morgan fingerprint density at radius 3 is 1.42 bits per heavy atom. The van der Waals surface area contributed by atoms with Crippen LogP contribution >= 0.6 is 34.9 Å². The number of thioether (sulfide) groups is 2.